The Balaban J connectivity index is 2.07. The number of nitrogens with one attached hydrogen (secondary N) is 3. The molecule has 0 saturated carbocycles. The number of carbonyl (C=O) groups is 3. The standard InChI is InChI=1S/C18H25N3O3/c1-2-4-16(18(24)20-12-22)21-17(23)15-6-3-5-14(11-15)13-7-9-19-10-8-13/h3,5-6,11-13,16,19H,2,4,7-10H2,1H3,(H,21,23)(H,20,22,24). The van der Waals surface area contributed by atoms with Gasteiger partial charge in [0.15, 0.2) is 0 Å². The molecule has 6 nitrogen and oxygen atoms in total. The fourth-order valence-electron chi connectivity index (χ4n) is 3.05. The maximum atomic E-state index is 12.5. The summed E-state index contributed by atoms with van der Waals surface area (Å²) in [4.78, 5) is 34.8. The average molecular weight is 331 g/mol. The lowest BCUT2D eigenvalue weighted by molar-refractivity contribution is -0.126. The van der Waals surface area contributed by atoms with Gasteiger partial charge in [0, 0.05) is 5.56 Å². The lowest BCUT2D eigenvalue weighted by Crippen LogP contribution is -2.46. The minimum Gasteiger partial charge on any atom is -0.340 e. The van der Waals surface area contributed by atoms with Crippen LogP contribution in [0.15, 0.2) is 24.3 Å². The van der Waals surface area contributed by atoms with Crippen LogP contribution in [0.2, 0.25) is 0 Å². The van der Waals surface area contributed by atoms with Crippen LogP contribution in [0.1, 0.15) is 54.4 Å². The first kappa shape index (κ1) is 18.1. The molecule has 0 spiro atoms. The maximum Gasteiger partial charge on any atom is 0.251 e. The third-order valence-corrected chi connectivity index (χ3v) is 4.36. The van der Waals surface area contributed by atoms with Gasteiger partial charge >= 0.3 is 0 Å². The molecule has 1 aliphatic rings. The third kappa shape index (κ3) is 4.89. The molecule has 3 N–H and O–H groups in total. The molecule has 24 heavy (non-hydrogen) atoms. The highest BCUT2D eigenvalue weighted by Crippen LogP contribution is 2.25. The molecule has 1 atom stereocenters. The van der Waals surface area contributed by atoms with E-state index in [2.05, 4.69) is 22.0 Å². The molecule has 0 aliphatic carbocycles. The quantitative estimate of drug-likeness (QED) is 0.658. The second kappa shape index (κ2) is 9.17. The van der Waals surface area contributed by atoms with Crippen LogP contribution in [0, 0.1) is 0 Å². The van der Waals surface area contributed by atoms with Gasteiger partial charge in [0.05, 0.1) is 0 Å². The van der Waals surface area contributed by atoms with Crippen LogP contribution < -0.4 is 16.0 Å². The van der Waals surface area contributed by atoms with Gasteiger partial charge in [-0.1, -0.05) is 25.5 Å². The Morgan fingerprint density at radius 2 is 2.08 bits per heavy atom. The highest BCUT2D eigenvalue weighted by atomic mass is 16.2. The summed E-state index contributed by atoms with van der Waals surface area (Å²) in [6, 6.07) is 6.89. The van der Waals surface area contributed by atoms with Crippen molar-refractivity contribution in [3.63, 3.8) is 0 Å². The Hall–Kier alpha value is -2.21. The van der Waals surface area contributed by atoms with E-state index in [0.29, 0.717) is 24.3 Å². The first-order valence-corrected chi connectivity index (χ1v) is 8.51. The summed E-state index contributed by atoms with van der Waals surface area (Å²) in [7, 11) is 0. The molecule has 1 aliphatic heterocycles. The van der Waals surface area contributed by atoms with Crippen molar-refractivity contribution >= 4 is 18.2 Å². The van der Waals surface area contributed by atoms with Crippen LogP contribution in [0.3, 0.4) is 0 Å². The number of rotatable bonds is 7. The fraction of sp³-hybridized carbons (Fsp3) is 0.500. The number of hydrogen-bond acceptors (Lipinski definition) is 4. The van der Waals surface area contributed by atoms with Crippen LogP contribution in [-0.2, 0) is 9.59 Å². The monoisotopic (exact) mass is 331 g/mol. The zero-order valence-corrected chi connectivity index (χ0v) is 14.0. The second-order valence-electron chi connectivity index (χ2n) is 6.09. The first-order valence-electron chi connectivity index (χ1n) is 8.51. The van der Waals surface area contributed by atoms with Crippen molar-refractivity contribution in [2.75, 3.05) is 13.1 Å². The predicted octanol–water partition coefficient (Wildman–Crippen LogP) is 1.32. The number of carbonyl (C=O) groups excluding carboxylic acids is 3. The first-order chi connectivity index (χ1) is 11.7. The van der Waals surface area contributed by atoms with Gasteiger partial charge < -0.3 is 10.6 Å². The minimum atomic E-state index is -0.699. The Kier molecular flexibility index (Phi) is 6.93. The largest absolute Gasteiger partial charge is 0.340 e. The highest BCUT2D eigenvalue weighted by molar-refractivity contribution is 5.99. The Morgan fingerprint density at radius 3 is 2.75 bits per heavy atom. The molecular formula is C18H25N3O3. The minimum absolute atomic E-state index is 0.287. The molecule has 130 valence electrons. The molecule has 1 saturated heterocycles. The van der Waals surface area contributed by atoms with Gasteiger partial charge in [0.2, 0.25) is 12.3 Å². The fourth-order valence-corrected chi connectivity index (χ4v) is 3.05. The third-order valence-electron chi connectivity index (χ3n) is 4.36. The zero-order valence-electron chi connectivity index (χ0n) is 14.0. The van der Waals surface area contributed by atoms with E-state index < -0.39 is 11.9 Å². The number of piperidine rings is 1. The van der Waals surface area contributed by atoms with Crippen LogP contribution in [-0.4, -0.2) is 37.4 Å². The van der Waals surface area contributed by atoms with E-state index in [1.165, 1.54) is 0 Å². The van der Waals surface area contributed by atoms with E-state index >= 15 is 0 Å². The van der Waals surface area contributed by atoms with Crippen molar-refractivity contribution in [1.29, 1.82) is 0 Å². The van der Waals surface area contributed by atoms with Crippen LogP contribution in [0.4, 0.5) is 0 Å². The van der Waals surface area contributed by atoms with E-state index in [1.54, 1.807) is 6.07 Å². The van der Waals surface area contributed by atoms with Gasteiger partial charge in [-0.15, -0.1) is 0 Å². The summed E-state index contributed by atoms with van der Waals surface area (Å²) in [6.45, 7) is 3.90. The summed E-state index contributed by atoms with van der Waals surface area (Å²) in [5.74, 6) is -0.302. The molecule has 6 heteroatoms. The molecular weight excluding hydrogens is 306 g/mol. The number of amides is 3. The Morgan fingerprint density at radius 1 is 1.33 bits per heavy atom. The van der Waals surface area contributed by atoms with Gasteiger partial charge in [0.1, 0.15) is 6.04 Å². The molecule has 1 fully saturated rings. The van der Waals surface area contributed by atoms with E-state index in [1.807, 2.05) is 19.1 Å². The second-order valence-corrected chi connectivity index (χ2v) is 6.09. The smallest absolute Gasteiger partial charge is 0.251 e. The predicted molar refractivity (Wildman–Crippen MR) is 91.7 cm³/mol. The van der Waals surface area contributed by atoms with Crippen LogP contribution in [0.25, 0.3) is 0 Å². The van der Waals surface area contributed by atoms with E-state index in [9.17, 15) is 14.4 Å². The molecule has 0 radical (unpaired) electrons. The number of hydrogen-bond donors (Lipinski definition) is 3. The van der Waals surface area contributed by atoms with Gasteiger partial charge in [-0.2, -0.15) is 0 Å². The van der Waals surface area contributed by atoms with Crippen molar-refractivity contribution in [1.82, 2.24) is 16.0 Å². The van der Waals surface area contributed by atoms with Gasteiger partial charge in [-0.25, -0.2) is 0 Å². The molecule has 0 aromatic heterocycles. The summed E-state index contributed by atoms with van der Waals surface area (Å²) in [5, 5.41) is 8.17. The molecule has 0 bridgehead atoms. The lowest BCUT2D eigenvalue weighted by Gasteiger charge is -2.23. The average Bonchev–Trinajstić information content (AvgIpc) is 2.62. The van der Waals surface area contributed by atoms with Crippen LogP contribution in [0.5, 0.6) is 0 Å². The molecule has 1 aromatic carbocycles. The normalized spacial score (nSPS) is 16.2. The molecule has 2 rings (SSSR count). The van der Waals surface area contributed by atoms with Crippen molar-refractivity contribution in [2.24, 2.45) is 0 Å². The maximum absolute atomic E-state index is 12.5. The molecule has 1 heterocycles. The van der Waals surface area contributed by atoms with Gasteiger partial charge in [0.25, 0.3) is 5.91 Å². The molecule has 3 amide bonds. The topological polar surface area (TPSA) is 87.3 Å². The van der Waals surface area contributed by atoms with Crippen LogP contribution >= 0.6 is 0 Å². The summed E-state index contributed by atoms with van der Waals surface area (Å²) >= 11 is 0. The van der Waals surface area contributed by atoms with Crippen molar-refractivity contribution < 1.29 is 14.4 Å². The lowest BCUT2D eigenvalue weighted by atomic mass is 9.89. The van der Waals surface area contributed by atoms with Gasteiger partial charge in [-0.05, 0) is 56.0 Å². The summed E-state index contributed by atoms with van der Waals surface area (Å²) in [6.07, 6.45) is 3.68. The van der Waals surface area contributed by atoms with E-state index in [-0.39, 0.29) is 5.91 Å². The van der Waals surface area contributed by atoms with Gasteiger partial charge in [-0.3, -0.25) is 19.7 Å². The summed E-state index contributed by atoms with van der Waals surface area (Å²) < 4.78 is 0. The van der Waals surface area contributed by atoms with E-state index in [0.717, 1.165) is 37.9 Å². The van der Waals surface area contributed by atoms with Crippen molar-refractivity contribution in [3.8, 4) is 0 Å². The number of benzene rings is 1. The molecule has 1 unspecified atom stereocenters. The molecule has 1 aromatic rings. The number of imide groups is 1. The SMILES string of the molecule is CCCC(NC(=O)c1cccc(C2CCNCC2)c1)C(=O)NC=O. The van der Waals surface area contributed by atoms with E-state index in [4.69, 9.17) is 0 Å². The zero-order chi connectivity index (χ0) is 17.4. The van der Waals surface area contributed by atoms with Crippen molar-refractivity contribution in [3.05, 3.63) is 35.4 Å². The Bertz CT molecular complexity index is 583. The Labute approximate surface area is 142 Å². The summed E-state index contributed by atoms with van der Waals surface area (Å²) in [5.41, 5.74) is 1.71. The highest BCUT2D eigenvalue weighted by Gasteiger charge is 2.21. The van der Waals surface area contributed by atoms with Crippen molar-refractivity contribution in [2.45, 2.75) is 44.6 Å².